The first-order chi connectivity index (χ1) is 14.9. The number of rotatable bonds is 5. The summed E-state index contributed by atoms with van der Waals surface area (Å²) in [5.74, 6) is 1.05. The first-order valence-electron chi connectivity index (χ1n) is 11.2. The predicted molar refractivity (Wildman–Crippen MR) is 132 cm³/mol. The van der Waals surface area contributed by atoms with E-state index in [1.807, 2.05) is 0 Å². The first-order valence-corrected chi connectivity index (χ1v) is 12.4. The quantitative estimate of drug-likeness (QED) is 0.425. The van der Waals surface area contributed by atoms with Gasteiger partial charge in [0.05, 0.1) is 11.8 Å². The highest BCUT2D eigenvalue weighted by atomic mass is 32.2. The van der Waals surface area contributed by atoms with Gasteiger partial charge in [-0.2, -0.15) is 5.26 Å². The summed E-state index contributed by atoms with van der Waals surface area (Å²) in [6, 6.07) is 11.4. The van der Waals surface area contributed by atoms with E-state index in [1.54, 1.807) is 11.8 Å². The minimum atomic E-state index is 0.513. The summed E-state index contributed by atoms with van der Waals surface area (Å²) in [4.78, 5) is 8.77. The van der Waals surface area contributed by atoms with Gasteiger partial charge in [-0.1, -0.05) is 19.9 Å². The monoisotopic (exact) mass is 432 g/mol. The zero-order chi connectivity index (χ0) is 22.1. The van der Waals surface area contributed by atoms with Crippen molar-refractivity contribution in [3.8, 4) is 11.8 Å². The third kappa shape index (κ3) is 4.19. The molecule has 162 valence electrons. The molecule has 3 heterocycles. The van der Waals surface area contributed by atoms with Gasteiger partial charge in [0.1, 0.15) is 5.65 Å². The Balaban J connectivity index is 1.80. The number of benzene rings is 1. The molecule has 0 spiro atoms. The molecule has 4 rings (SSSR count). The van der Waals surface area contributed by atoms with Gasteiger partial charge in [-0.3, -0.25) is 4.57 Å². The van der Waals surface area contributed by atoms with E-state index in [0.29, 0.717) is 18.3 Å². The number of fused-ring (bicyclic) bond motifs is 1. The van der Waals surface area contributed by atoms with Crippen molar-refractivity contribution < 1.29 is 0 Å². The van der Waals surface area contributed by atoms with Gasteiger partial charge in [0.25, 0.3) is 0 Å². The Hall–Kier alpha value is -2.45. The molecule has 0 amide bonds. The maximum atomic E-state index is 9.04. The Morgan fingerprint density at radius 3 is 2.55 bits per heavy atom. The van der Waals surface area contributed by atoms with E-state index in [1.165, 1.54) is 32.8 Å². The lowest BCUT2D eigenvalue weighted by Crippen LogP contribution is -2.33. The fraction of sp³-hybridized carbons (Fsp3) is 0.462. The fourth-order valence-corrected chi connectivity index (χ4v) is 5.33. The second-order valence-corrected chi connectivity index (χ2v) is 9.89. The van der Waals surface area contributed by atoms with Crippen LogP contribution in [0.4, 0.5) is 5.69 Å². The predicted octanol–water partition coefficient (Wildman–Crippen LogP) is 6.62. The van der Waals surface area contributed by atoms with Crippen LogP contribution in [-0.4, -0.2) is 28.9 Å². The number of aryl methyl sites for hydroxylation is 2. The molecule has 0 bridgehead atoms. The Bertz CT molecular complexity index is 1130. The van der Waals surface area contributed by atoms with Crippen molar-refractivity contribution in [1.29, 1.82) is 5.26 Å². The van der Waals surface area contributed by atoms with Gasteiger partial charge in [0, 0.05) is 47.4 Å². The zero-order valence-electron chi connectivity index (χ0n) is 19.3. The number of nitriles is 1. The molecule has 0 aliphatic carbocycles. The van der Waals surface area contributed by atoms with Crippen molar-refractivity contribution in [2.24, 2.45) is 5.92 Å². The highest BCUT2D eigenvalue weighted by Gasteiger charge is 2.23. The molecule has 5 heteroatoms. The molecule has 1 aliphatic rings. The Kier molecular flexibility index (Phi) is 6.29. The third-order valence-electron chi connectivity index (χ3n) is 6.52. The van der Waals surface area contributed by atoms with E-state index in [-0.39, 0.29) is 0 Å². The highest BCUT2D eigenvalue weighted by molar-refractivity contribution is 7.98. The van der Waals surface area contributed by atoms with E-state index in [4.69, 9.17) is 10.2 Å². The van der Waals surface area contributed by atoms with Crippen molar-refractivity contribution in [3.63, 3.8) is 0 Å². The van der Waals surface area contributed by atoms with Gasteiger partial charge in [-0.25, -0.2) is 4.98 Å². The van der Waals surface area contributed by atoms with Crippen LogP contribution in [0.25, 0.3) is 16.7 Å². The fourth-order valence-electron chi connectivity index (χ4n) is 4.70. The molecular formula is C26H32N4S. The number of piperidine rings is 1. The van der Waals surface area contributed by atoms with Gasteiger partial charge in [0.15, 0.2) is 0 Å². The third-order valence-corrected chi connectivity index (χ3v) is 7.28. The van der Waals surface area contributed by atoms with Crippen LogP contribution in [-0.2, 0) is 0 Å². The summed E-state index contributed by atoms with van der Waals surface area (Å²) in [6.45, 7) is 10.8. The van der Waals surface area contributed by atoms with Crippen LogP contribution >= 0.6 is 11.8 Å². The van der Waals surface area contributed by atoms with Crippen LogP contribution in [0.15, 0.2) is 35.4 Å². The van der Waals surface area contributed by atoms with E-state index in [2.05, 4.69) is 79.9 Å². The molecule has 1 aliphatic heterocycles. The Morgan fingerprint density at radius 1 is 1.16 bits per heavy atom. The molecule has 0 radical (unpaired) electrons. The number of nitrogens with zero attached hydrogens (tertiary/aromatic N) is 4. The van der Waals surface area contributed by atoms with Crippen LogP contribution in [0.1, 0.15) is 55.8 Å². The van der Waals surface area contributed by atoms with Crippen molar-refractivity contribution in [3.05, 3.63) is 47.3 Å². The molecule has 3 aromatic rings. The molecule has 2 aromatic heterocycles. The largest absolute Gasteiger partial charge is 0.371 e. The number of hydrogen-bond donors (Lipinski definition) is 0. The lowest BCUT2D eigenvalue weighted by molar-refractivity contribution is 0.413. The first kappa shape index (κ1) is 21.8. The topological polar surface area (TPSA) is 44.9 Å². The lowest BCUT2D eigenvalue weighted by Gasteiger charge is -2.33. The molecule has 0 atom stereocenters. The minimum absolute atomic E-state index is 0.513. The molecule has 0 saturated carbocycles. The lowest BCUT2D eigenvalue weighted by atomic mass is 9.93. The van der Waals surface area contributed by atoms with Crippen LogP contribution in [0.3, 0.4) is 0 Å². The van der Waals surface area contributed by atoms with Crippen LogP contribution in [0.5, 0.6) is 0 Å². The smallest absolute Gasteiger partial charge is 0.147 e. The van der Waals surface area contributed by atoms with E-state index in [9.17, 15) is 0 Å². The summed E-state index contributed by atoms with van der Waals surface area (Å²) in [6.07, 6.45) is 7.24. The molecule has 31 heavy (non-hydrogen) atoms. The SMILES string of the molecule is CSc1cc(C(C)C)ccc1-n1cc(C)c2c(N3CCC(CC#N)CC3)cc(C)nc21. The number of thioether (sulfide) groups is 1. The maximum Gasteiger partial charge on any atom is 0.147 e. The van der Waals surface area contributed by atoms with Crippen LogP contribution < -0.4 is 4.90 Å². The number of aromatic nitrogens is 2. The Morgan fingerprint density at radius 2 is 1.90 bits per heavy atom. The van der Waals surface area contributed by atoms with E-state index >= 15 is 0 Å². The van der Waals surface area contributed by atoms with Crippen molar-refractivity contribution in [2.45, 2.75) is 57.8 Å². The van der Waals surface area contributed by atoms with Gasteiger partial charge < -0.3 is 4.90 Å². The summed E-state index contributed by atoms with van der Waals surface area (Å²) < 4.78 is 2.28. The molecule has 0 N–H and O–H groups in total. The minimum Gasteiger partial charge on any atom is -0.371 e. The average molecular weight is 433 g/mol. The summed E-state index contributed by atoms with van der Waals surface area (Å²) >= 11 is 1.80. The zero-order valence-corrected chi connectivity index (χ0v) is 20.1. The van der Waals surface area contributed by atoms with Gasteiger partial charge in [-0.15, -0.1) is 11.8 Å². The second-order valence-electron chi connectivity index (χ2n) is 9.04. The molecule has 0 unspecified atom stereocenters. The molecule has 1 fully saturated rings. The van der Waals surface area contributed by atoms with Gasteiger partial charge >= 0.3 is 0 Å². The normalized spacial score (nSPS) is 15.1. The number of pyridine rings is 1. The van der Waals surface area contributed by atoms with E-state index in [0.717, 1.165) is 37.3 Å². The molecular weight excluding hydrogens is 400 g/mol. The molecule has 4 nitrogen and oxygen atoms in total. The number of anilines is 1. The average Bonchev–Trinajstić information content (AvgIpc) is 3.09. The van der Waals surface area contributed by atoms with Gasteiger partial charge in [0.2, 0.25) is 0 Å². The van der Waals surface area contributed by atoms with Crippen molar-refractivity contribution in [1.82, 2.24) is 9.55 Å². The summed E-state index contributed by atoms with van der Waals surface area (Å²) in [5, 5.41) is 10.3. The highest BCUT2D eigenvalue weighted by Crippen LogP contribution is 2.37. The standard InChI is InChI=1S/C26H32N4S/c1-17(2)21-6-7-22(24(15-21)31-5)30-16-18(3)25-23(14-19(4)28-26(25)30)29-12-9-20(8-11-27)10-13-29/h6-7,14-17,20H,8-10,12-13H2,1-5H3. The van der Waals surface area contributed by atoms with Crippen molar-refractivity contribution >= 4 is 28.5 Å². The van der Waals surface area contributed by atoms with Gasteiger partial charge in [-0.05, 0) is 74.1 Å². The van der Waals surface area contributed by atoms with E-state index < -0.39 is 0 Å². The summed E-state index contributed by atoms with van der Waals surface area (Å²) in [7, 11) is 0. The van der Waals surface area contributed by atoms with Crippen LogP contribution in [0.2, 0.25) is 0 Å². The maximum absolute atomic E-state index is 9.04. The van der Waals surface area contributed by atoms with Crippen LogP contribution in [0, 0.1) is 31.1 Å². The second kappa shape index (κ2) is 8.96. The Labute approximate surface area is 190 Å². The molecule has 1 saturated heterocycles. The number of hydrogen-bond acceptors (Lipinski definition) is 4. The molecule has 1 aromatic carbocycles. The van der Waals surface area contributed by atoms with Crippen molar-refractivity contribution in [2.75, 3.05) is 24.2 Å². The summed E-state index contributed by atoms with van der Waals surface area (Å²) in [5.41, 5.74) is 7.21.